The largest absolute Gasteiger partial charge is 0.480 e. The number of carbonyl (C=O) groups is 3. The Hall–Kier alpha value is -1.44. The molecule has 170 valence electrons. The Morgan fingerprint density at radius 2 is 1.67 bits per heavy atom. The van der Waals surface area contributed by atoms with Gasteiger partial charge in [-0.1, -0.05) is 6.42 Å². The van der Waals surface area contributed by atoms with E-state index in [9.17, 15) is 14.4 Å². The van der Waals surface area contributed by atoms with Crippen molar-refractivity contribution in [3.05, 3.63) is 0 Å². The van der Waals surface area contributed by atoms with Gasteiger partial charge in [-0.3, -0.25) is 4.79 Å². The van der Waals surface area contributed by atoms with Crippen LogP contribution < -0.4 is 16.0 Å². The van der Waals surface area contributed by atoms with Gasteiger partial charge in [0.05, 0.1) is 0 Å². The maximum atomic E-state index is 12.4. The maximum absolute atomic E-state index is 12.4. The van der Waals surface area contributed by atoms with Crippen molar-refractivity contribution in [3.63, 3.8) is 0 Å². The third-order valence-corrected chi connectivity index (χ3v) is 7.67. The van der Waals surface area contributed by atoms with Crippen LogP contribution in [0.15, 0.2) is 0 Å². The highest BCUT2D eigenvalue weighted by molar-refractivity contribution is 7.98. The highest BCUT2D eigenvalue weighted by atomic mass is 32.2. The van der Waals surface area contributed by atoms with E-state index in [2.05, 4.69) is 16.0 Å². The molecular formula is C22H37N3O4S. The lowest BCUT2D eigenvalue weighted by Gasteiger charge is -2.56. The monoisotopic (exact) mass is 439 g/mol. The van der Waals surface area contributed by atoms with Crippen molar-refractivity contribution in [1.29, 1.82) is 0 Å². The predicted octanol–water partition coefficient (Wildman–Crippen LogP) is 3.14. The number of carbonyl (C=O) groups excluding carboxylic acids is 2. The predicted molar refractivity (Wildman–Crippen MR) is 118 cm³/mol. The number of thioether (sulfide) groups is 1. The van der Waals surface area contributed by atoms with Crippen molar-refractivity contribution in [1.82, 2.24) is 16.0 Å². The second kappa shape index (κ2) is 10.7. The zero-order valence-corrected chi connectivity index (χ0v) is 18.9. The number of carboxylic acids is 1. The first-order valence-electron chi connectivity index (χ1n) is 11.5. The Labute approximate surface area is 183 Å². The van der Waals surface area contributed by atoms with E-state index in [-0.39, 0.29) is 17.5 Å². The summed E-state index contributed by atoms with van der Waals surface area (Å²) in [5.41, 5.74) is 0.0356. The van der Waals surface area contributed by atoms with Crippen LogP contribution in [0.5, 0.6) is 0 Å². The molecule has 0 spiro atoms. The summed E-state index contributed by atoms with van der Waals surface area (Å²) in [5.74, 6) is 1.94. The van der Waals surface area contributed by atoms with Crippen LogP contribution >= 0.6 is 11.8 Å². The van der Waals surface area contributed by atoms with Crippen LogP contribution in [0.4, 0.5) is 4.79 Å². The number of aliphatic carboxylic acids is 1. The summed E-state index contributed by atoms with van der Waals surface area (Å²) in [6.45, 7) is 0.602. The van der Waals surface area contributed by atoms with E-state index in [0.29, 0.717) is 31.6 Å². The lowest BCUT2D eigenvalue weighted by Crippen LogP contribution is -2.61. The van der Waals surface area contributed by atoms with Crippen molar-refractivity contribution < 1.29 is 19.5 Å². The molecule has 4 fully saturated rings. The summed E-state index contributed by atoms with van der Waals surface area (Å²) in [4.78, 5) is 35.5. The second-order valence-corrected chi connectivity index (χ2v) is 10.6. The van der Waals surface area contributed by atoms with Crippen molar-refractivity contribution >= 4 is 29.7 Å². The van der Waals surface area contributed by atoms with Crippen LogP contribution in [0.1, 0.15) is 70.6 Å². The van der Waals surface area contributed by atoms with E-state index in [1.165, 1.54) is 19.3 Å². The maximum Gasteiger partial charge on any atom is 0.326 e. The Morgan fingerprint density at radius 3 is 2.23 bits per heavy atom. The normalized spacial score (nSPS) is 30.0. The summed E-state index contributed by atoms with van der Waals surface area (Å²) < 4.78 is 0. The molecule has 0 aromatic heterocycles. The third kappa shape index (κ3) is 6.53. The molecule has 0 saturated heterocycles. The molecule has 4 aliphatic rings. The van der Waals surface area contributed by atoms with Gasteiger partial charge in [0, 0.05) is 18.5 Å². The van der Waals surface area contributed by atoms with Crippen LogP contribution in [0.3, 0.4) is 0 Å². The number of carboxylic acid groups (broad SMARTS) is 1. The Bertz CT molecular complexity index is 592. The van der Waals surface area contributed by atoms with Crippen molar-refractivity contribution in [2.24, 2.45) is 17.8 Å². The summed E-state index contributed by atoms with van der Waals surface area (Å²) in [6, 6.07) is -0.854. The molecule has 4 bridgehead atoms. The fourth-order valence-corrected chi connectivity index (χ4v) is 6.57. The van der Waals surface area contributed by atoms with Crippen LogP contribution in [-0.2, 0) is 9.59 Å². The fourth-order valence-electron chi connectivity index (χ4n) is 6.10. The quantitative estimate of drug-likeness (QED) is 0.350. The standard InChI is InChI=1S/C22H37N3O4S/c1-30-8-6-18(20(27)28)24-19(26)5-3-2-4-7-23-21(29)25-22-12-15-9-16(13-22)11-17(10-15)14-22/h15-18H,2-14H2,1H3,(H,24,26)(H,27,28)(H2,23,25,29)/t15?,16?,17?,18-,22?/m0/s1. The molecule has 30 heavy (non-hydrogen) atoms. The summed E-state index contributed by atoms with van der Waals surface area (Å²) in [6.07, 6.45) is 12.5. The minimum absolute atomic E-state index is 0.0356. The van der Waals surface area contributed by atoms with Gasteiger partial charge in [0.15, 0.2) is 0 Å². The molecule has 0 radical (unpaired) electrons. The lowest BCUT2D eigenvalue weighted by atomic mass is 9.53. The molecule has 3 amide bonds. The molecule has 0 unspecified atom stereocenters. The average molecular weight is 440 g/mol. The van der Waals surface area contributed by atoms with Gasteiger partial charge in [-0.2, -0.15) is 11.8 Å². The minimum atomic E-state index is -0.980. The van der Waals surface area contributed by atoms with Crippen molar-refractivity contribution in [2.75, 3.05) is 18.6 Å². The molecule has 4 aliphatic carbocycles. The third-order valence-electron chi connectivity index (χ3n) is 7.03. The fraction of sp³-hybridized carbons (Fsp3) is 0.864. The topological polar surface area (TPSA) is 108 Å². The number of amides is 3. The molecule has 7 nitrogen and oxygen atoms in total. The van der Waals surface area contributed by atoms with Crippen molar-refractivity contribution in [3.8, 4) is 0 Å². The Balaban J connectivity index is 1.25. The average Bonchev–Trinajstić information content (AvgIpc) is 2.66. The molecule has 0 aromatic rings. The van der Waals surface area contributed by atoms with E-state index < -0.39 is 12.0 Å². The first kappa shape index (κ1) is 23.2. The van der Waals surface area contributed by atoms with Gasteiger partial charge in [0.25, 0.3) is 0 Å². The van der Waals surface area contributed by atoms with Gasteiger partial charge >= 0.3 is 12.0 Å². The zero-order valence-electron chi connectivity index (χ0n) is 18.1. The van der Waals surface area contributed by atoms with Crippen LogP contribution in [0, 0.1) is 17.8 Å². The smallest absolute Gasteiger partial charge is 0.326 e. The molecule has 1 atom stereocenters. The van der Waals surface area contributed by atoms with Gasteiger partial charge in [0.2, 0.25) is 5.91 Å². The minimum Gasteiger partial charge on any atom is -0.480 e. The van der Waals surface area contributed by atoms with Gasteiger partial charge in [0.1, 0.15) is 6.04 Å². The molecule has 4 saturated carbocycles. The van der Waals surface area contributed by atoms with E-state index >= 15 is 0 Å². The van der Waals surface area contributed by atoms with Gasteiger partial charge in [-0.05, 0) is 87.5 Å². The number of unbranched alkanes of at least 4 members (excludes halogenated alkanes) is 2. The first-order chi connectivity index (χ1) is 14.4. The second-order valence-electron chi connectivity index (χ2n) is 9.63. The number of hydrogen-bond donors (Lipinski definition) is 4. The van der Waals surface area contributed by atoms with E-state index in [1.54, 1.807) is 11.8 Å². The van der Waals surface area contributed by atoms with E-state index in [0.717, 1.165) is 49.9 Å². The van der Waals surface area contributed by atoms with Crippen LogP contribution in [0.2, 0.25) is 0 Å². The SMILES string of the molecule is CSCC[C@H](NC(=O)CCCCCNC(=O)NC12CC3CC(CC(C3)C1)C2)C(=O)O. The molecular weight excluding hydrogens is 402 g/mol. The number of rotatable bonds is 12. The van der Waals surface area contributed by atoms with Crippen LogP contribution in [0.25, 0.3) is 0 Å². The summed E-state index contributed by atoms with van der Waals surface area (Å²) >= 11 is 1.57. The number of nitrogens with one attached hydrogen (secondary N) is 3. The Kier molecular flexibility index (Phi) is 8.31. The number of hydrogen-bond acceptors (Lipinski definition) is 4. The number of urea groups is 1. The Morgan fingerprint density at radius 1 is 1.03 bits per heavy atom. The first-order valence-corrected chi connectivity index (χ1v) is 12.9. The van der Waals surface area contributed by atoms with Gasteiger partial charge < -0.3 is 21.1 Å². The lowest BCUT2D eigenvalue weighted by molar-refractivity contribution is -0.141. The molecule has 4 rings (SSSR count). The van der Waals surface area contributed by atoms with Gasteiger partial charge in [-0.15, -0.1) is 0 Å². The van der Waals surface area contributed by atoms with Crippen molar-refractivity contribution in [2.45, 2.75) is 82.2 Å². The molecule has 0 heterocycles. The molecule has 0 aliphatic heterocycles. The highest BCUT2D eigenvalue weighted by Crippen LogP contribution is 2.55. The van der Waals surface area contributed by atoms with E-state index in [1.807, 2.05) is 6.26 Å². The summed E-state index contributed by atoms with van der Waals surface area (Å²) in [7, 11) is 0. The molecule has 8 heteroatoms. The highest BCUT2D eigenvalue weighted by Gasteiger charge is 2.51. The van der Waals surface area contributed by atoms with E-state index in [4.69, 9.17) is 5.11 Å². The molecule has 4 N–H and O–H groups in total. The van der Waals surface area contributed by atoms with Crippen LogP contribution in [-0.4, -0.2) is 53.1 Å². The zero-order chi connectivity index (χ0) is 21.6. The molecule has 0 aromatic carbocycles. The summed E-state index contributed by atoms with van der Waals surface area (Å²) in [5, 5.41) is 18.1. The van der Waals surface area contributed by atoms with Gasteiger partial charge in [-0.25, -0.2) is 9.59 Å².